The molecule has 0 spiro atoms. The summed E-state index contributed by atoms with van der Waals surface area (Å²) in [6.07, 6.45) is 1.27. The molecule has 0 atom stereocenters. The van der Waals surface area contributed by atoms with Crippen molar-refractivity contribution in [3.05, 3.63) is 75.0 Å². The van der Waals surface area contributed by atoms with Crippen molar-refractivity contribution in [3.8, 4) is 0 Å². The van der Waals surface area contributed by atoms with Gasteiger partial charge in [-0.25, -0.2) is 9.78 Å². The number of pyridine rings is 1. The quantitative estimate of drug-likeness (QED) is 0.570. The first-order chi connectivity index (χ1) is 11.1. The lowest BCUT2D eigenvalue weighted by Crippen LogP contribution is -2.08. The van der Waals surface area contributed by atoms with Gasteiger partial charge in [-0.15, -0.1) is 0 Å². The summed E-state index contributed by atoms with van der Waals surface area (Å²) in [6, 6.07) is 13.7. The Morgan fingerprint density at radius 2 is 1.74 bits per heavy atom. The van der Waals surface area contributed by atoms with Gasteiger partial charge in [-0.3, -0.25) is 0 Å². The number of benzene rings is 2. The Bertz CT molecular complexity index is 891. The predicted molar refractivity (Wildman–Crippen MR) is 92.3 cm³/mol. The van der Waals surface area contributed by atoms with E-state index in [9.17, 15) is 4.79 Å². The van der Waals surface area contributed by atoms with E-state index >= 15 is 0 Å². The molecule has 3 nitrogen and oxygen atoms in total. The van der Waals surface area contributed by atoms with Crippen LogP contribution in [-0.4, -0.2) is 11.0 Å². The largest absolute Gasteiger partial charge is 0.456 e. The number of aromatic nitrogens is 1. The monoisotopic (exact) mass is 365 g/mol. The van der Waals surface area contributed by atoms with Gasteiger partial charge in [0.1, 0.15) is 6.61 Å². The molecule has 116 valence electrons. The van der Waals surface area contributed by atoms with E-state index in [1.165, 1.54) is 6.20 Å². The standard InChI is InChI=1S/C17H10Cl3NO2/c18-13-8-21-16(15(20)14(13)19)17(22)23-9-11-6-3-5-10-4-1-2-7-12(10)11/h1-8H,9H2. The lowest BCUT2D eigenvalue weighted by atomic mass is 10.1. The van der Waals surface area contributed by atoms with Crippen molar-refractivity contribution in [2.75, 3.05) is 0 Å². The molecule has 3 aromatic rings. The van der Waals surface area contributed by atoms with Crippen molar-refractivity contribution in [2.24, 2.45) is 0 Å². The van der Waals surface area contributed by atoms with Crippen molar-refractivity contribution >= 4 is 51.5 Å². The molecule has 0 aliphatic carbocycles. The van der Waals surface area contributed by atoms with Gasteiger partial charge in [-0.2, -0.15) is 0 Å². The van der Waals surface area contributed by atoms with Crippen molar-refractivity contribution in [1.82, 2.24) is 4.98 Å². The third-order valence-electron chi connectivity index (χ3n) is 3.35. The Hall–Kier alpha value is -1.81. The molecule has 0 amide bonds. The van der Waals surface area contributed by atoms with E-state index in [1.807, 2.05) is 42.5 Å². The van der Waals surface area contributed by atoms with Crippen molar-refractivity contribution in [2.45, 2.75) is 6.61 Å². The summed E-state index contributed by atoms with van der Waals surface area (Å²) in [5.41, 5.74) is 0.842. The summed E-state index contributed by atoms with van der Waals surface area (Å²) in [5.74, 6) is -0.651. The number of ether oxygens (including phenoxy) is 1. The number of nitrogens with zero attached hydrogens (tertiary/aromatic N) is 1. The molecule has 6 heteroatoms. The molecule has 0 saturated carbocycles. The average molecular weight is 367 g/mol. The molecular weight excluding hydrogens is 357 g/mol. The summed E-state index contributed by atoms with van der Waals surface area (Å²) in [6.45, 7) is 0.110. The van der Waals surface area contributed by atoms with E-state index < -0.39 is 5.97 Å². The third-order valence-corrected chi connectivity index (χ3v) is 4.59. The van der Waals surface area contributed by atoms with E-state index in [0.29, 0.717) is 0 Å². The maximum absolute atomic E-state index is 12.2. The van der Waals surface area contributed by atoms with Crippen molar-refractivity contribution in [3.63, 3.8) is 0 Å². The molecule has 0 saturated heterocycles. The molecule has 3 rings (SSSR count). The third kappa shape index (κ3) is 3.27. The fourth-order valence-electron chi connectivity index (χ4n) is 2.22. The van der Waals surface area contributed by atoms with Gasteiger partial charge in [-0.05, 0) is 16.3 Å². The molecule has 1 aromatic heterocycles. The summed E-state index contributed by atoms with van der Waals surface area (Å²) in [7, 11) is 0. The van der Waals surface area contributed by atoms with Crippen LogP contribution in [0.1, 0.15) is 16.1 Å². The van der Waals surface area contributed by atoms with Crippen LogP contribution in [0.5, 0.6) is 0 Å². The topological polar surface area (TPSA) is 39.2 Å². The number of halogens is 3. The van der Waals surface area contributed by atoms with Crippen LogP contribution in [0.4, 0.5) is 0 Å². The van der Waals surface area contributed by atoms with Crippen LogP contribution in [-0.2, 0) is 11.3 Å². The molecule has 2 aromatic carbocycles. The molecule has 0 aliphatic rings. The molecule has 0 fully saturated rings. The van der Waals surface area contributed by atoms with Gasteiger partial charge in [0.2, 0.25) is 0 Å². The summed E-state index contributed by atoms with van der Waals surface area (Å²) < 4.78 is 5.31. The van der Waals surface area contributed by atoms with Crippen LogP contribution in [0.3, 0.4) is 0 Å². The zero-order valence-corrected chi connectivity index (χ0v) is 14.0. The molecule has 0 aliphatic heterocycles. The van der Waals surface area contributed by atoms with Crippen LogP contribution in [0.15, 0.2) is 48.7 Å². The van der Waals surface area contributed by atoms with E-state index in [0.717, 1.165) is 16.3 Å². The zero-order chi connectivity index (χ0) is 16.4. The Morgan fingerprint density at radius 1 is 1.00 bits per heavy atom. The first-order valence-electron chi connectivity index (χ1n) is 6.71. The minimum absolute atomic E-state index is 0.0120. The minimum Gasteiger partial charge on any atom is -0.456 e. The second-order valence-corrected chi connectivity index (χ2v) is 5.96. The zero-order valence-electron chi connectivity index (χ0n) is 11.7. The number of fused-ring (bicyclic) bond motifs is 1. The predicted octanol–water partition coefficient (Wildman–Crippen LogP) is 5.55. The number of hydrogen-bond acceptors (Lipinski definition) is 3. The average Bonchev–Trinajstić information content (AvgIpc) is 2.57. The van der Waals surface area contributed by atoms with E-state index in [4.69, 9.17) is 39.5 Å². The molecule has 0 unspecified atom stereocenters. The van der Waals surface area contributed by atoms with Gasteiger partial charge in [0.05, 0.1) is 15.1 Å². The fourth-order valence-corrected chi connectivity index (χ4v) is 2.77. The SMILES string of the molecule is O=C(OCc1cccc2ccccc12)c1ncc(Cl)c(Cl)c1Cl. The van der Waals surface area contributed by atoms with E-state index in [-0.39, 0.29) is 27.4 Å². The summed E-state index contributed by atoms with van der Waals surface area (Å²) in [5, 5.41) is 2.35. The lowest BCUT2D eigenvalue weighted by molar-refractivity contribution is 0.0467. The van der Waals surface area contributed by atoms with Gasteiger partial charge < -0.3 is 4.74 Å². The number of rotatable bonds is 3. The second kappa shape index (κ2) is 6.75. The molecule has 23 heavy (non-hydrogen) atoms. The molecule has 0 bridgehead atoms. The Kier molecular flexibility index (Phi) is 4.71. The molecule has 0 radical (unpaired) electrons. The highest BCUT2D eigenvalue weighted by molar-refractivity contribution is 6.48. The Labute approximate surface area is 147 Å². The number of carbonyl (C=O) groups is 1. The Balaban J connectivity index is 1.83. The van der Waals surface area contributed by atoms with Crippen molar-refractivity contribution < 1.29 is 9.53 Å². The first kappa shape index (κ1) is 16.1. The van der Waals surface area contributed by atoms with Crippen LogP contribution in [0.25, 0.3) is 10.8 Å². The van der Waals surface area contributed by atoms with Gasteiger partial charge >= 0.3 is 5.97 Å². The summed E-state index contributed by atoms with van der Waals surface area (Å²) >= 11 is 17.7. The lowest BCUT2D eigenvalue weighted by Gasteiger charge is -2.09. The first-order valence-corrected chi connectivity index (χ1v) is 7.84. The van der Waals surface area contributed by atoms with Gasteiger partial charge in [0, 0.05) is 6.20 Å². The Morgan fingerprint density at radius 3 is 2.57 bits per heavy atom. The van der Waals surface area contributed by atoms with E-state index in [1.54, 1.807) is 0 Å². The van der Waals surface area contributed by atoms with Crippen LogP contribution in [0.2, 0.25) is 15.1 Å². The maximum Gasteiger partial charge on any atom is 0.358 e. The van der Waals surface area contributed by atoms with Gasteiger partial charge in [0.25, 0.3) is 0 Å². The van der Waals surface area contributed by atoms with Crippen LogP contribution >= 0.6 is 34.8 Å². The highest BCUT2D eigenvalue weighted by Gasteiger charge is 2.18. The highest BCUT2D eigenvalue weighted by atomic mass is 35.5. The van der Waals surface area contributed by atoms with Gasteiger partial charge in [-0.1, -0.05) is 77.3 Å². The smallest absolute Gasteiger partial charge is 0.358 e. The fraction of sp³-hybridized carbons (Fsp3) is 0.0588. The molecule has 1 heterocycles. The van der Waals surface area contributed by atoms with E-state index in [2.05, 4.69) is 4.98 Å². The minimum atomic E-state index is -0.651. The van der Waals surface area contributed by atoms with Crippen molar-refractivity contribution in [1.29, 1.82) is 0 Å². The number of hydrogen-bond donors (Lipinski definition) is 0. The molecule has 0 N–H and O–H groups in total. The van der Waals surface area contributed by atoms with Gasteiger partial charge in [0.15, 0.2) is 5.69 Å². The number of carbonyl (C=O) groups excluding carboxylic acids is 1. The molecular formula is C17H10Cl3NO2. The second-order valence-electron chi connectivity index (χ2n) is 4.80. The maximum atomic E-state index is 12.2. The van der Waals surface area contributed by atoms with Crippen LogP contribution in [0, 0.1) is 0 Å². The van der Waals surface area contributed by atoms with Crippen LogP contribution < -0.4 is 0 Å². The summed E-state index contributed by atoms with van der Waals surface area (Å²) in [4.78, 5) is 16.1. The number of esters is 1. The highest BCUT2D eigenvalue weighted by Crippen LogP contribution is 2.31. The normalized spacial score (nSPS) is 10.7.